The van der Waals surface area contributed by atoms with Crippen molar-refractivity contribution in [2.75, 3.05) is 18.1 Å². The molecule has 2 rings (SSSR count). The van der Waals surface area contributed by atoms with E-state index < -0.39 is 6.04 Å². The number of benzene rings is 1. The van der Waals surface area contributed by atoms with Crippen molar-refractivity contribution in [2.45, 2.75) is 39.3 Å². The minimum Gasteiger partial charge on any atom is -0.394 e. The number of hydrogen-bond donors (Lipinski definition) is 2. The van der Waals surface area contributed by atoms with Gasteiger partial charge in [0.2, 0.25) is 5.91 Å². The summed E-state index contributed by atoms with van der Waals surface area (Å²) in [7, 11) is 0. The monoisotopic (exact) mass is 262 g/mol. The molecule has 0 bridgehead atoms. The number of nitrogens with zero attached hydrogens (tertiary/aromatic N) is 1. The van der Waals surface area contributed by atoms with E-state index >= 15 is 0 Å². The molecular weight excluding hydrogens is 240 g/mol. The van der Waals surface area contributed by atoms with Gasteiger partial charge in [0.25, 0.3) is 0 Å². The quantitative estimate of drug-likeness (QED) is 0.862. The standard InChI is InChI=1S/C15H22N2O2/c1-4-12-7-5-6-10(2)14(12)17-11(3)8-16-15(19)13(17)9-18/h5-7,11,13,18H,4,8-9H2,1-3H3,(H,16,19). The van der Waals surface area contributed by atoms with Crippen LogP contribution in [-0.2, 0) is 11.2 Å². The molecule has 2 atom stereocenters. The zero-order chi connectivity index (χ0) is 14.0. The van der Waals surface area contributed by atoms with Crippen molar-refractivity contribution < 1.29 is 9.90 Å². The lowest BCUT2D eigenvalue weighted by Crippen LogP contribution is -2.61. The molecule has 1 saturated heterocycles. The molecule has 1 aliphatic heterocycles. The Morgan fingerprint density at radius 2 is 2.21 bits per heavy atom. The second-order valence-corrected chi connectivity index (χ2v) is 5.14. The molecule has 1 aromatic carbocycles. The van der Waals surface area contributed by atoms with Crippen LogP contribution in [-0.4, -0.2) is 36.2 Å². The van der Waals surface area contributed by atoms with Gasteiger partial charge in [-0.25, -0.2) is 0 Å². The molecule has 1 aliphatic rings. The Kier molecular flexibility index (Phi) is 4.10. The van der Waals surface area contributed by atoms with Crippen molar-refractivity contribution in [1.29, 1.82) is 0 Å². The van der Waals surface area contributed by atoms with Crippen LogP contribution in [0.1, 0.15) is 25.0 Å². The van der Waals surface area contributed by atoms with E-state index in [0.717, 1.165) is 17.7 Å². The first-order chi connectivity index (χ1) is 9.10. The van der Waals surface area contributed by atoms with Crippen molar-refractivity contribution in [3.8, 4) is 0 Å². The molecule has 1 amide bonds. The summed E-state index contributed by atoms with van der Waals surface area (Å²) in [6.07, 6.45) is 0.917. The van der Waals surface area contributed by atoms with Gasteiger partial charge < -0.3 is 15.3 Å². The fraction of sp³-hybridized carbons (Fsp3) is 0.533. The van der Waals surface area contributed by atoms with Crippen LogP contribution in [0.15, 0.2) is 18.2 Å². The van der Waals surface area contributed by atoms with E-state index in [1.54, 1.807) is 0 Å². The van der Waals surface area contributed by atoms with E-state index in [9.17, 15) is 9.90 Å². The lowest BCUT2D eigenvalue weighted by Gasteiger charge is -2.42. The highest BCUT2D eigenvalue weighted by Crippen LogP contribution is 2.30. The topological polar surface area (TPSA) is 52.6 Å². The molecule has 1 aromatic rings. The van der Waals surface area contributed by atoms with Crippen LogP contribution in [0.5, 0.6) is 0 Å². The summed E-state index contributed by atoms with van der Waals surface area (Å²) in [4.78, 5) is 14.0. The number of aliphatic hydroxyl groups excluding tert-OH is 1. The number of carbonyl (C=O) groups is 1. The first kappa shape index (κ1) is 13.9. The van der Waals surface area contributed by atoms with Crippen molar-refractivity contribution in [3.63, 3.8) is 0 Å². The van der Waals surface area contributed by atoms with Crippen LogP contribution in [0.4, 0.5) is 5.69 Å². The maximum Gasteiger partial charge on any atom is 0.245 e. The molecule has 0 aromatic heterocycles. The molecule has 4 nitrogen and oxygen atoms in total. The molecule has 0 radical (unpaired) electrons. The highest BCUT2D eigenvalue weighted by Gasteiger charge is 2.35. The van der Waals surface area contributed by atoms with Crippen LogP contribution in [0.3, 0.4) is 0 Å². The van der Waals surface area contributed by atoms with Gasteiger partial charge in [0.1, 0.15) is 6.04 Å². The molecule has 2 unspecified atom stereocenters. The number of carbonyl (C=O) groups excluding carboxylic acids is 1. The van der Waals surface area contributed by atoms with Crippen LogP contribution >= 0.6 is 0 Å². The molecule has 0 saturated carbocycles. The predicted octanol–water partition coefficient (Wildman–Crippen LogP) is 1.24. The number of amides is 1. The van der Waals surface area contributed by atoms with Gasteiger partial charge in [-0.2, -0.15) is 0 Å². The summed E-state index contributed by atoms with van der Waals surface area (Å²) in [5, 5.41) is 12.4. The zero-order valence-corrected chi connectivity index (χ0v) is 11.8. The van der Waals surface area contributed by atoms with E-state index in [4.69, 9.17) is 0 Å². The highest BCUT2D eigenvalue weighted by atomic mass is 16.3. The third kappa shape index (κ3) is 2.45. The summed E-state index contributed by atoms with van der Waals surface area (Å²) in [5.41, 5.74) is 3.48. The normalized spacial score (nSPS) is 23.4. The van der Waals surface area contributed by atoms with Gasteiger partial charge in [-0.05, 0) is 31.4 Å². The van der Waals surface area contributed by atoms with Gasteiger partial charge in [0, 0.05) is 18.3 Å². The second-order valence-electron chi connectivity index (χ2n) is 5.14. The van der Waals surface area contributed by atoms with Gasteiger partial charge >= 0.3 is 0 Å². The fourth-order valence-electron chi connectivity index (χ4n) is 2.82. The Hall–Kier alpha value is -1.55. The molecule has 1 heterocycles. The van der Waals surface area contributed by atoms with Gasteiger partial charge in [-0.15, -0.1) is 0 Å². The number of para-hydroxylation sites is 1. The van der Waals surface area contributed by atoms with Crippen molar-refractivity contribution in [3.05, 3.63) is 29.3 Å². The summed E-state index contributed by atoms with van der Waals surface area (Å²) in [6.45, 7) is 6.71. The second kappa shape index (κ2) is 5.61. The Bertz CT molecular complexity index is 473. The van der Waals surface area contributed by atoms with Gasteiger partial charge in [0.15, 0.2) is 0 Å². The Balaban J connectivity index is 2.50. The number of hydrogen-bond acceptors (Lipinski definition) is 3. The molecular formula is C15H22N2O2. The van der Waals surface area contributed by atoms with E-state index in [1.807, 2.05) is 6.07 Å². The first-order valence-corrected chi connectivity index (χ1v) is 6.85. The largest absolute Gasteiger partial charge is 0.394 e. The molecule has 0 spiro atoms. The van der Waals surface area contributed by atoms with Crippen molar-refractivity contribution in [1.82, 2.24) is 5.32 Å². The SMILES string of the molecule is CCc1cccc(C)c1N1C(C)CNC(=O)C1CO. The summed E-state index contributed by atoms with van der Waals surface area (Å²) in [5.74, 6) is -0.0918. The van der Waals surface area contributed by atoms with Gasteiger partial charge in [0.05, 0.1) is 6.61 Å². The Morgan fingerprint density at radius 3 is 2.84 bits per heavy atom. The van der Waals surface area contributed by atoms with E-state index in [-0.39, 0.29) is 18.6 Å². The van der Waals surface area contributed by atoms with Gasteiger partial charge in [-0.1, -0.05) is 25.1 Å². The summed E-state index contributed by atoms with van der Waals surface area (Å²) >= 11 is 0. The average molecular weight is 262 g/mol. The average Bonchev–Trinajstić information content (AvgIpc) is 2.41. The minimum atomic E-state index is -0.491. The maximum absolute atomic E-state index is 12.0. The molecule has 0 aliphatic carbocycles. The number of piperazine rings is 1. The number of aliphatic hydroxyl groups is 1. The van der Waals surface area contributed by atoms with Gasteiger partial charge in [-0.3, -0.25) is 4.79 Å². The fourth-order valence-corrected chi connectivity index (χ4v) is 2.82. The number of anilines is 1. The number of nitrogens with one attached hydrogen (secondary N) is 1. The zero-order valence-electron chi connectivity index (χ0n) is 11.8. The Labute approximate surface area is 114 Å². The van der Waals surface area contributed by atoms with Crippen molar-refractivity contribution in [2.24, 2.45) is 0 Å². The predicted molar refractivity (Wildman–Crippen MR) is 76.4 cm³/mol. The lowest BCUT2D eigenvalue weighted by molar-refractivity contribution is -0.124. The molecule has 104 valence electrons. The van der Waals surface area contributed by atoms with Crippen LogP contribution in [0, 0.1) is 6.92 Å². The van der Waals surface area contributed by atoms with E-state index in [1.165, 1.54) is 5.56 Å². The first-order valence-electron chi connectivity index (χ1n) is 6.85. The number of aryl methyl sites for hydroxylation is 2. The molecule has 4 heteroatoms. The highest BCUT2D eigenvalue weighted by molar-refractivity contribution is 5.87. The number of rotatable bonds is 3. The third-order valence-corrected chi connectivity index (χ3v) is 3.82. The minimum absolute atomic E-state index is 0.0918. The molecule has 1 fully saturated rings. The summed E-state index contributed by atoms with van der Waals surface area (Å²) < 4.78 is 0. The Morgan fingerprint density at radius 1 is 1.47 bits per heavy atom. The smallest absolute Gasteiger partial charge is 0.245 e. The lowest BCUT2D eigenvalue weighted by atomic mass is 9.99. The molecule has 19 heavy (non-hydrogen) atoms. The van der Waals surface area contributed by atoms with E-state index in [2.05, 4.69) is 43.1 Å². The van der Waals surface area contributed by atoms with Crippen molar-refractivity contribution >= 4 is 11.6 Å². The summed E-state index contributed by atoms with van der Waals surface area (Å²) in [6, 6.07) is 5.88. The maximum atomic E-state index is 12.0. The third-order valence-electron chi connectivity index (χ3n) is 3.82. The van der Waals surface area contributed by atoms with Crippen LogP contribution in [0.2, 0.25) is 0 Å². The van der Waals surface area contributed by atoms with Crippen LogP contribution < -0.4 is 10.2 Å². The van der Waals surface area contributed by atoms with E-state index in [0.29, 0.717) is 6.54 Å². The molecule has 2 N–H and O–H groups in total. The van der Waals surface area contributed by atoms with Crippen LogP contribution in [0.25, 0.3) is 0 Å².